The van der Waals surface area contributed by atoms with Gasteiger partial charge in [-0.1, -0.05) is 13.8 Å². The van der Waals surface area contributed by atoms with Crippen LogP contribution in [0.3, 0.4) is 0 Å². The van der Waals surface area contributed by atoms with Crippen molar-refractivity contribution in [1.82, 2.24) is 10.3 Å². The second-order valence-electron chi connectivity index (χ2n) is 4.41. The summed E-state index contributed by atoms with van der Waals surface area (Å²) < 4.78 is 38.9. The molecule has 1 aromatic rings. The third-order valence-electron chi connectivity index (χ3n) is 2.35. The summed E-state index contributed by atoms with van der Waals surface area (Å²) in [7, 11) is -3.93. The van der Waals surface area contributed by atoms with Gasteiger partial charge in [-0.15, -0.1) is 0 Å². The van der Waals surface area contributed by atoms with Crippen LogP contribution in [0, 0.1) is 18.8 Å². The summed E-state index contributed by atoms with van der Waals surface area (Å²) in [5.41, 5.74) is 0.188. The molecule has 1 heterocycles. The molecule has 1 aromatic heterocycles. The molecule has 8 heteroatoms. The Morgan fingerprint density at radius 1 is 1.45 bits per heavy atom. The van der Waals surface area contributed by atoms with Crippen LogP contribution in [0.2, 0.25) is 0 Å². The number of carbonyl (C=O) groups excluding carboxylic acids is 1. The first-order chi connectivity index (χ1) is 9.23. The lowest BCUT2D eigenvalue weighted by Gasteiger charge is -2.08. The van der Waals surface area contributed by atoms with Gasteiger partial charge in [0.25, 0.3) is 10.0 Å². The minimum absolute atomic E-state index is 0.215. The number of nitrogens with one attached hydrogen (secondary N) is 2. The molecule has 0 atom stereocenters. The normalized spacial score (nSPS) is 11.8. The Morgan fingerprint density at radius 2 is 2.10 bits per heavy atom. The molecular weight excluding hydrogens is 285 g/mol. The van der Waals surface area contributed by atoms with Gasteiger partial charge in [0.05, 0.1) is 5.41 Å². The van der Waals surface area contributed by atoms with E-state index in [4.69, 9.17) is 0 Å². The fourth-order valence-electron chi connectivity index (χ4n) is 1.20. The smallest absolute Gasteiger partial charge is 0.256 e. The van der Waals surface area contributed by atoms with Crippen LogP contribution in [-0.4, -0.2) is 19.3 Å². The molecule has 0 fully saturated rings. The van der Waals surface area contributed by atoms with Gasteiger partial charge in [-0.2, -0.15) is 4.39 Å². The van der Waals surface area contributed by atoms with Crippen molar-refractivity contribution in [2.24, 2.45) is 5.92 Å². The highest BCUT2D eigenvalue weighted by Gasteiger charge is 2.13. The van der Waals surface area contributed by atoms with E-state index in [9.17, 15) is 17.6 Å². The second kappa shape index (κ2) is 6.47. The molecule has 0 saturated carbocycles. The highest BCUT2D eigenvalue weighted by atomic mass is 32.2. The van der Waals surface area contributed by atoms with E-state index in [-0.39, 0.29) is 17.5 Å². The lowest BCUT2D eigenvalue weighted by Crippen LogP contribution is -2.23. The molecule has 0 bridgehead atoms. The molecule has 2 N–H and O–H groups in total. The zero-order chi connectivity index (χ0) is 15.3. The molecular formula is C12H16FN3O3S. The third kappa shape index (κ3) is 4.61. The number of anilines is 1. The van der Waals surface area contributed by atoms with Crippen LogP contribution in [-0.2, 0) is 14.8 Å². The quantitative estimate of drug-likeness (QED) is 0.807. The maximum absolute atomic E-state index is 13.4. The number of hydrogen-bond donors (Lipinski definition) is 2. The van der Waals surface area contributed by atoms with Crippen molar-refractivity contribution in [3.63, 3.8) is 0 Å². The van der Waals surface area contributed by atoms with E-state index < -0.39 is 16.0 Å². The Hall–Kier alpha value is -1.96. The number of rotatable bonds is 5. The molecule has 0 radical (unpaired) electrons. The van der Waals surface area contributed by atoms with Gasteiger partial charge in [-0.25, -0.2) is 13.4 Å². The topological polar surface area (TPSA) is 88.2 Å². The standard InChI is InChI=1S/C12H16FN3O3S/c1-8(2)12(17)15-6-7-20(18,19)16-10-9(3)4-5-14-11(10)13/h4-8,16H,1-3H3,(H,15,17)/b7-6+. The Morgan fingerprint density at radius 3 is 2.65 bits per heavy atom. The number of hydrogen-bond acceptors (Lipinski definition) is 4. The summed E-state index contributed by atoms with van der Waals surface area (Å²) in [6.07, 6.45) is 2.23. The van der Waals surface area contributed by atoms with Crippen LogP contribution in [0.15, 0.2) is 23.9 Å². The van der Waals surface area contributed by atoms with E-state index >= 15 is 0 Å². The molecule has 0 aromatic carbocycles. The van der Waals surface area contributed by atoms with Gasteiger partial charge in [-0.05, 0) is 18.6 Å². The fourth-order valence-corrected chi connectivity index (χ4v) is 2.04. The first kappa shape index (κ1) is 16.1. The number of amides is 1. The number of halogens is 1. The third-order valence-corrected chi connectivity index (χ3v) is 3.34. The molecule has 1 amide bonds. The highest BCUT2D eigenvalue weighted by Crippen LogP contribution is 2.18. The molecule has 6 nitrogen and oxygen atoms in total. The van der Waals surface area contributed by atoms with Crippen molar-refractivity contribution in [3.8, 4) is 0 Å². The van der Waals surface area contributed by atoms with E-state index in [1.165, 1.54) is 12.3 Å². The average Bonchev–Trinajstić information content (AvgIpc) is 2.33. The summed E-state index contributed by atoms with van der Waals surface area (Å²) in [5.74, 6) is -1.50. The van der Waals surface area contributed by atoms with Gasteiger partial charge in [0.1, 0.15) is 5.69 Å². The molecule has 0 saturated heterocycles. The molecule has 0 aliphatic carbocycles. The Bertz CT molecular complexity index is 607. The van der Waals surface area contributed by atoms with E-state index in [1.54, 1.807) is 20.8 Å². The summed E-state index contributed by atoms with van der Waals surface area (Å²) >= 11 is 0. The SMILES string of the molecule is Cc1ccnc(F)c1NS(=O)(=O)/C=C/NC(=O)C(C)C. The Balaban J connectivity index is 2.81. The van der Waals surface area contributed by atoms with E-state index in [0.717, 1.165) is 11.6 Å². The number of carbonyl (C=O) groups is 1. The van der Waals surface area contributed by atoms with Gasteiger partial charge in [0.15, 0.2) is 0 Å². The van der Waals surface area contributed by atoms with Crippen molar-refractivity contribution in [2.75, 3.05) is 4.72 Å². The van der Waals surface area contributed by atoms with E-state index in [0.29, 0.717) is 5.56 Å². The zero-order valence-corrected chi connectivity index (χ0v) is 12.2. The number of nitrogens with zero attached hydrogens (tertiary/aromatic N) is 1. The maximum Gasteiger partial charge on any atom is 0.256 e. The Labute approximate surface area is 117 Å². The molecule has 0 unspecified atom stereocenters. The first-order valence-electron chi connectivity index (χ1n) is 5.84. The van der Waals surface area contributed by atoms with Crippen molar-refractivity contribution in [2.45, 2.75) is 20.8 Å². The van der Waals surface area contributed by atoms with Crippen molar-refractivity contribution >= 4 is 21.6 Å². The number of sulfonamides is 1. The van der Waals surface area contributed by atoms with Crippen LogP contribution < -0.4 is 10.0 Å². The van der Waals surface area contributed by atoms with Crippen molar-refractivity contribution in [1.29, 1.82) is 0 Å². The van der Waals surface area contributed by atoms with Crippen LogP contribution in [0.4, 0.5) is 10.1 Å². The van der Waals surface area contributed by atoms with Crippen molar-refractivity contribution in [3.05, 3.63) is 35.4 Å². The first-order valence-corrected chi connectivity index (χ1v) is 7.38. The van der Waals surface area contributed by atoms with Gasteiger partial charge < -0.3 is 5.32 Å². The zero-order valence-electron chi connectivity index (χ0n) is 11.3. The second-order valence-corrected chi connectivity index (χ2v) is 5.97. The maximum atomic E-state index is 13.4. The fraction of sp³-hybridized carbons (Fsp3) is 0.333. The molecule has 20 heavy (non-hydrogen) atoms. The molecule has 0 aliphatic rings. The number of aromatic nitrogens is 1. The summed E-state index contributed by atoms with van der Waals surface area (Å²) in [6, 6.07) is 1.48. The van der Waals surface area contributed by atoms with Gasteiger partial charge in [-0.3, -0.25) is 9.52 Å². The molecule has 110 valence electrons. The average molecular weight is 301 g/mol. The van der Waals surface area contributed by atoms with Crippen LogP contribution in [0.5, 0.6) is 0 Å². The van der Waals surface area contributed by atoms with E-state index in [1.807, 2.05) is 0 Å². The number of aryl methyl sites for hydroxylation is 1. The highest BCUT2D eigenvalue weighted by molar-refractivity contribution is 7.95. The lowest BCUT2D eigenvalue weighted by atomic mass is 10.2. The molecule has 0 aliphatic heterocycles. The van der Waals surface area contributed by atoms with Gasteiger partial charge >= 0.3 is 0 Å². The molecule has 1 rings (SSSR count). The minimum atomic E-state index is -3.93. The predicted molar refractivity (Wildman–Crippen MR) is 73.6 cm³/mol. The van der Waals surface area contributed by atoms with E-state index in [2.05, 4.69) is 15.0 Å². The Kier molecular flexibility index (Phi) is 5.20. The van der Waals surface area contributed by atoms with Gasteiger partial charge in [0, 0.05) is 18.3 Å². The van der Waals surface area contributed by atoms with Gasteiger partial charge in [0.2, 0.25) is 11.9 Å². The van der Waals surface area contributed by atoms with Crippen LogP contribution in [0.25, 0.3) is 0 Å². The summed E-state index contributed by atoms with van der Waals surface area (Å²) in [5, 5.41) is 3.05. The number of pyridine rings is 1. The van der Waals surface area contributed by atoms with Crippen LogP contribution >= 0.6 is 0 Å². The minimum Gasteiger partial charge on any atom is -0.332 e. The van der Waals surface area contributed by atoms with Crippen molar-refractivity contribution < 1.29 is 17.6 Å². The predicted octanol–water partition coefficient (Wildman–Crippen LogP) is 1.51. The summed E-state index contributed by atoms with van der Waals surface area (Å²) in [6.45, 7) is 4.89. The van der Waals surface area contributed by atoms with Crippen LogP contribution in [0.1, 0.15) is 19.4 Å². The largest absolute Gasteiger partial charge is 0.332 e. The summed E-state index contributed by atoms with van der Waals surface area (Å²) in [4.78, 5) is 14.6. The lowest BCUT2D eigenvalue weighted by molar-refractivity contribution is -0.123. The monoisotopic (exact) mass is 301 g/mol. The molecule has 0 spiro atoms.